The number of hydrogen-bond donors (Lipinski definition) is 1. The lowest BCUT2D eigenvalue weighted by Gasteiger charge is -2.10. The van der Waals surface area contributed by atoms with Crippen LogP contribution < -0.4 is 5.32 Å². The maximum Gasteiger partial charge on any atom is 0.142 e. The number of pyridine rings is 1. The summed E-state index contributed by atoms with van der Waals surface area (Å²) in [7, 11) is 0. The van der Waals surface area contributed by atoms with Crippen LogP contribution in [0.25, 0.3) is 0 Å². The normalized spacial score (nSPS) is 19.8. The lowest BCUT2D eigenvalue weighted by atomic mass is 10.2. The molecule has 1 fully saturated rings. The minimum Gasteiger partial charge on any atom is -0.369 e. The average Bonchev–Trinajstić information content (AvgIpc) is 2.79. The summed E-state index contributed by atoms with van der Waals surface area (Å²) in [6.07, 6.45) is 2.61. The van der Waals surface area contributed by atoms with E-state index in [-0.39, 0.29) is 0 Å². The summed E-state index contributed by atoms with van der Waals surface area (Å²) in [6.45, 7) is 0.951. The van der Waals surface area contributed by atoms with Gasteiger partial charge in [0.25, 0.3) is 0 Å². The van der Waals surface area contributed by atoms with Crippen molar-refractivity contribution in [1.82, 2.24) is 4.98 Å². The number of nitriles is 1. The molecule has 0 spiro atoms. The Kier molecular flexibility index (Phi) is 3.46. The first kappa shape index (κ1) is 10.3. The molecular formula is C11H13N3S. The van der Waals surface area contributed by atoms with E-state index in [9.17, 15) is 0 Å². The second kappa shape index (κ2) is 5.04. The summed E-state index contributed by atoms with van der Waals surface area (Å²) in [5.41, 5.74) is 0.471. The van der Waals surface area contributed by atoms with Gasteiger partial charge in [-0.15, -0.1) is 0 Å². The Morgan fingerprint density at radius 1 is 1.60 bits per heavy atom. The third-order valence-electron chi connectivity index (χ3n) is 2.40. The van der Waals surface area contributed by atoms with Gasteiger partial charge in [0.05, 0.1) is 0 Å². The fraction of sp³-hybridized carbons (Fsp3) is 0.455. The van der Waals surface area contributed by atoms with Crippen molar-refractivity contribution in [2.24, 2.45) is 0 Å². The topological polar surface area (TPSA) is 48.7 Å². The predicted octanol–water partition coefficient (Wildman–Crippen LogP) is 2.26. The van der Waals surface area contributed by atoms with E-state index in [2.05, 4.69) is 10.3 Å². The highest BCUT2D eigenvalue weighted by Crippen LogP contribution is 2.25. The third kappa shape index (κ3) is 2.87. The third-order valence-corrected chi connectivity index (χ3v) is 3.80. The summed E-state index contributed by atoms with van der Waals surface area (Å²) < 4.78 is 0. The summed E-state index contributed by atoms with van der Waals surface area (Å²) in [6, 6.07) is 7.52. The van der Waals surface area contributed by atoms with Crippen LogP contribution in [-0.4, -0.2) is 22.5 Å². The van der Waals surface area contributed by atoms with E-state index in [1.54, 1.807) is 6.07 Å². The van der Waals surface area contributed by atoms with Crippen LogP contribution >= 0.6 is 11.8 Å². The van der Waals surface area contributed by atoms with E-state index in [4.69, 9.17) is 5.26 Å². The molecule has 0 saturated carbocycles. The van der Waals surface area contributed by atoms with Crippen LogP contribution in [-0.2, 0) is 0 Å². The first-order valence-corrected chi connectivity index (χ1v) is 6.16. The number of aromatic nitrogens is 1. The molecule has 1 N–H and O–H groups in total. The smallest absolute Gasteiger partial charge is 0.142 e. The molecule has 0 radical (unpaired) electrons. The molecule has 1 aromatic heterocycles. The van der Waals surface area contributed by atoms with Gasteiger partial charge in [-0.2, -0.15) is 17.0 Å². The predicted molar refractivity (Wildman–Crippen MR) is 62.9 cm³/mol. The van der Waals surface area contributed by atoms with Gasteiger partial charge in [0.15, 0.2) is 0 Å². The van der Waals surface area contributed by atoms with E-state index < -0.39 is 0 Å². The van der Waals surface area contributed by atoms with Gasteiger partial charge in [0.2, 0.25) is 0 Å². The van der Waals surface area contributed by atoms with Gasteiger partial charge in [-0.25, -0.2) is 4.98 Å². The van der Waals surface area contributed by atoms with E-state index >= 15 is 0 Å². The van der Waals surface area contributed by atoms with Crippen LogP contribution in [0.4, 0.5) is 5.82 Å². The Labute approximate surface area is 93.9 Å². The first-order valence-electron chi connectivity index (χ1n) is 5.11. The van der Waals surface area contributed by atoms with Gasteiger partial charge in [0.1, 0.15) is 17.6 Å². The molecule has 4 heteroatoms. The molecule has 78 valence electrons. The van der Waals surface area contributed by atoms with Crippen LogP contribution in [0.15, 0.2) is 18.2 Å². The van der Waals surface area contributed by atoms with Gasteiger partial charge >= 0.3 is 0 Å². The minimum absolute atomic E-state index is 0.471. The molecule has 1 aliphatic rings. The van der Waals surface area contributed by atoms with Crippen molar-refractivity contribution in [1.29, 1.82) is 5.26 Å². The van der Waals surface area contributed by atoms with Gasteiger partial charge in [-0.1, -0.05) is 6.07 Å². The average molecular weight is 219 g/mol. The van der Waals surface area contributed by atoms with Crippen LogP contribution in [0.2, 0.25) is 0 Å². The van der Waals surface area contributed by atoms with Gasteiger partial charge in [0, 0.05) is 11.8 Å². The van der Waals surface area contributed by atoms with Crippen molar-refractivity contribution >= 4 is 17.6 Å². The van der Waals surface area contributed by atoms with E-state index in [1.807, 2.05) is 30.0 Å². The van der Waals surface area contributed by atoms with E-state index in [0.717, 1.165) is 12.4 Å². The number of rotatable bonds is 3. The lowest BCUT2D eigenvalue weighted by Crippen LogP contribution is -2.14. The van der Waals surface area contributed by atoms with Gasteiger partial charge in [-0.05, 0) is 30.7 Å². The second-order valence-corrected chi connectivity index (χ2v) is 4.94. The number of nitrogens with zero attached hydrogens (tertiary/aromatic N) is 2. The standard InChI is InChI=1S/C11H13N3S/c12-7-9-3-1-5-11(14-9)13-8-10-4-2-6-15-10/h1,3,5,10H,2,4,6,8H2,(H,13,14). The molecule has 1 saturated heterocycles. The molecule has 1 aromatic rings. The van der Waals surface area contributed by atoms with Crippen LogP contribution in [0, 0.1) is 11.3 Å². The molecule has 0 aliphatic carbocycles. The monoisotopic (exact) mass is 219 g/mol. The fourth-order valence-corrected chi connectivity index (χ4v) is 2.82. The molecule has 15 heavy (non-hydrogen) atoms. The zero-order valence-corrected chi connectivity index (χ0v) is 9.26. The van der Waals surface area contributed by atoms with Crippen LogP contribution in [0.5, 0.6) is 0 Å². The summed E-state index contributed by atoms with van der Waals surface area (Å²) in [4.78, 5) is 4.17. The highest BCUT2D eigenvalue weighted by Gasteiger charge is 2.14. The minimum atomic E-state index is 0.471. The Balaban J connectivity index is 1.90. The first-order chi connectivity index (χ1) is 7.38. The van der Waals surface area contributed by atoms with Crippen molar-refractivity contribution in [2.45, 2.75) is 18.1 Å². The quantitative estimate of drug-likeness (QED) is 0.847. The van der Waals surface area contributed by atoms with Crippen LogP contribution in [0.3, 0.4) is 0 Å². The molecule has 0 amide bonds. The van der Waals surface area contributed by atoms with Crippen LogP contribution in [0.1, 0.15) is 18.5 Å². The summed E-state index contributed by atoms with van der Waals surface area (Å²) in [5, 5.41) is 12.7. The van der Waals surface area contributed by atoms with Crippen molar-refractivity contribution < 1.29 is 0 Å². The van der Waals surface area contributed by atoms with Crippen molar-refractivity contribution in [3.63, 3.8) is 0 Å². The molecular weight excluding hydrogens is 206 g/mol. The number of hydrogen-bond acceptors (Lipinski definition) is 4. The highest BCUT2D eigenvalue weighted by molar-refractivity contribution is 8.00. The number of thioether (sulfide) groups is 1. The van der Waals surface area contributed by atoms with E-state index in [1.165, 1.54) is 18.6 Å². The molecule has 3 nitrogen and oxygen atoms in total. The molecule has 2 heterocycles. The summed E-state index contributed by atoms with van der Waals surface area (Å²) in [5.74, 6) is 2.08. The zero-order chi connectivity index (χ0) is 10.5. The molecule has 0 aromatic carbocycles. The maximum absolute atomic E-state index is 8.70. The Morgan fingerprint density at radius 3 is 3.27 bits per heavy atom. The molecule has 1 unspecified atom stereocenters. The Morgan fingerprint density at radius 2 is 2.53 bits per heavy atom. The van der Waals surface area contributed by atoms with Crippen molar-refractivity contribution in [2.75, 3.05) is 17.6 Å². The molecule has 1 aliphatic heterocycles. The SMILES string of the molecule is N#Cc1cccc(NCC2CCCS2)n1. The lowest BCUT2D eigenvalue weighted by molar-refractivity contribution is 0.803. The maximum atomic E-state index is 8.70. The Bertz CT molecular complexity index is 366. The molecule has 1 atom stereocenters. The highest BCUT2D eigenvalue weighted by atomic mass is 32.2. The van der Waals surface area contributed by atoms with Crippen molar-refractivity contribution in [3.8, 4) is 6.07 Å². The number of anilines is 1. The zero-order valence-electron chi connectivity index (χ0n) is 8.44. The fourth-order valence-electron chi connectivity index (χ4n) is 1.62. The summed E-state index contributed by atoms with van der Waals surface area (Å²) >= 11 is 2.02. The largest absolute Gasteiger partial charge is 0.369 e. The number of nitrogens with one attached hydrogen (secondary N) is 1. The van der Waals surface area contributed by atoms with E-state index in [0.29, 0.717) is 10.9 Å². The Hall–Kier alpha value is -1.21. The van der Waals surface area contributed by atoms with Gasteiger partial charge in [-0.3, -0.25) is 0 Å². The second-order valence-electron chi connectivity index (χ2n) is 3.54. The molecule has 0 bridgehead atoms. The van der Waals surface area contributed by atoms with Gasteiger partial charge < -0.3 is 5.32 Å². The van der Waals surface area contributed by atoms with Crippen molar-refractivity contribution in [3.05, 3.63) is 23.9 Å². The molecule has 2 rings (SSSR count).